The number of carbonyl (C=O) groups is 2. The predicted molar refractivity (Wildman–Crippen MR) is 286 cm³/mol. The number of unbranched alkanes of at least 4 members (excludes halogenated alkanes) is 41. The minimum Gasteiger partial charge on any atom is -0.480 e. The highest BCUT2D eigenvalue weighted by atomic mass is 31.2. The number of hydrogen-bond donors (Lipinski definition) is 3. The Bertz CT molecular complexity index is 1140. The van der Waals surface area contributed by atoms with Crippen LogP contribution in [-0.4, -0.2) is 60.5 Å². The van der Waals surface area contributed by atoms with Crippen molar-refractivity contribution in [3.8, 4) is 0 Å². The first kappa shape index (κ1) is 66.7. The fourth-order valence-corrected chi connectivity index (χ4v) is 9.56. The largest absolute Gasteiger partial charge is 0.480 e. The molecule has 4 N–H and O–H groups in total. The maximum atomic E-state index is 12.7. The Morgan fingerprint density at radius 2 is 0.765 bits per heavy atom. The van der Waals surface area contributed by atoms with E-state index in [-0.39, 0.29) is 13.0 Å². The summed E-state index contributed by atoms with van der Waals surface area (Å²) in [6.07, 6.45) is 61.4. The second-order valence-corrected chi connectivity index (χ2v) is 21.6. The number of ether oxygens (including phenoxy) is 2. The summed E-state index contributed by atoms with van der Waals surface area (Å²) in [5.74, 6) is -1.76. The number of carboxylic acid groups (broad SMARTS) is 1. The molecule has 0 aromatic carbocycles. The third-order valence-corrected chi connectivity index (χ3v) is 14.2. The van der Waals surface area contributed by atoms with Gasteiger partial charge >= 0.3 is 19.8 Å². The lowest BCUT2D eigenvalue weighted by atomic mass is 10.0. The molecule has 0 saturated heterocycles. The summed E-state index contributed by atoms with van der Waals surface area (Å²) >= 11 is 0. The van der Waals surface area contributed by atoms with Crippen LogP contribution in [0.5, 0.6) is 0 Å². The molecule has 3 unspecified atom stereocenters. The van der Waals surface area contributed by atoms with E-state index in [1.807, 2.05) is 0 Å². The molecule has 0 bridgehead atoms. The molecular formula is C57H112NO9P. The number of phosphoric acid groups is 1. The summed E-state index contributed by atoms with van der Waals surface area (Å²) in [6.45, 7) is 3.96. The van der Waals surface area contributed by atoms with E-state index < -0.39 is 45.1 Å². The molecule has 0 amide bonds. The van der Waals surface area contributed by atoms with Gasteiger partial charge in [0.1, 0.15) is 12.1 Å². The minimum absolute atomic E-state index is 0.0236. The maximum Gasteiger partial charge on any atom is 0.472 e. The topological polar surface area (TPSA) is 155 Å². The van der Waals surface area contributed by atoms with E-state index in [2.05, 4.69) is 26.0 Å². The van der Waals surface area contributed by atoms with Crippen LogP contribution in [0.25, 0.3) is 0 Å². The summed E-state index contributed by atoms with van der Waals surface area (Å²) in [7, 11) is -4.62. The van der Waals surface area contributed by atoms with E-state index >= 15 is 0 Å². The van der Waals surface area contributed by atoms with Gasteiger partial charge in [0.2, 0.25) is 0 Å². The molecule has 10 nitrogen and oxygen atoms in total. The van der Waals surface area contributed by atoms with Crippen molar-refractivity contribution in [2.75, 3.05) is 26.4 Å². The predicted octanol–water partition coefficient (Wildman–Crippen LogP) is 17.6. The summed E-state index contributed by atoms with van der Waals surface area (Å²) in [6, 6.07) is -1.47. The highest BCUT2D eigenvalue weighted by Crippen LogP contribution is 2.43. The van der Waals surface area contributed by atoms with Crippen LogP contribution in [-0.2, 0) is 32.7 Å². The number of nitrogens with two attached hydrogens (primary N) is 1. The Kier molecular flexibility index (Phi) is 52.5. The molecule has 0 aliphatic rings. The number of phosphoric ester groups is 1. The summed E-state index contributed by atoms with van der Waals surface area (Å²) in [5.41, 5.74) is 5.39. The Morgan fingerprint density at radius 3 is 1.12 bits per heavy atom. The molecule has 0 saturated carbocycles. The van der Waals surface area contributed by atoms with Crippen molar-refractivity contribution in [3.63, 3.8) is 0 Å². The van der Waals surface area contributed by atoms with Gasteiger partial charge in [-0.05, 0) is 38.5 Å². The number of aliphatic carboxylic acids is 1. The number of rotatable bonds is 57. The summed E-state index contributed by atoms with van der Waals surface area (Å²) in [5, 5.41) is 8.95. The number of carbonyl (C=O) groups excluding carboxylic acids is 1. The van der Waals surface area contributed by atoms with Gasteiger partial charge in [-0.15, -0.1) is 0 Å². The number of hydrogen-bond acceptors (Lipinski definition) is 8. The average molecular weight is 986 g/mol. The molecule has 68 heavy (non-hydrogen) atoms. The van der Waals surface area contributed by atoms with Crippen LogP contribution in [0.15, 0.2) is 12.2 Å². The highest BCUT2D eigenvalue weighted by molar-refractivity contribution is 7.47. The van der Waals surface area contributed by atoms with Gasteiger partial charge in [0.15, 0.2) is 0 Å². The first-order valence-electron chi connectivity index (χ1n) is 29.2. The van der Waals surface area contributed by atoms with Crippen LogP contribution >= 0.6 is 7.82 Å². The van der Waals surface area contributed by atoms with Gasteiger partial charge in [0.05, 0.1) is 19.8 Å². The summed E-state index contributed by atoms with van der Waals surface area (Å²) < 4.78 is 33.6. The maximum absolute atomic E-state index is 12.7. The van der Waals surface area contributed by atoms with Crippen molar-refractivity contribution in [2.24, 2.45) is 5.73 Å². The van der Waals surface area contributed by atoms with E-state index in [0.29, 0.717) is 6.61 Å². The molecule has 0 aromatic rings. The normalized spacial score (nSPS) is 13.6. The van der Waals surface area contributed by atoms with Crippen LogP contribution < -0.4 is 5.73 Å². The van der Waals surface area contributed by atoms with Gasteiger partial charge in [-0.3, -0.25) is 18.6 Å². The fourth-order valence-electron chi connectivity index (χ4n) is 8.78. The Balaban J connectivity index is 4.02. The molecule has 0 spiro atoms. The van der Waals surface area contributed by atoms with Crippen molar-refractivity contribution in [1.29, 1.82) is 0 Å². The fraction of sp³-hybridized carbons (Fsp3) is 0.930. The lowest BCUT2D eigenvalue weighted by molar-refractivity contribution is -0.154. The molecule has 3 atom stereocenters. The molecular weight excluding hydrogens is 874 g/mol. The van der Waals surface area contributed by atoms with E-state index in [1.165, 1.54) is 244 Å². The van der Waals surface area contributed by atoms with Crippen LogP contribution in [0.2, 0.25) is 0 Å². The van der Waals surface area contributed by atoms with E-state index in [0.717, 1.165) is 38.5 Å². The Hall–Kier alpha value is -1.29. The zero-order chi connectivity index (χ0) is 49.7. The van der Waals surface area contributed by atoms with Crippen molar-refractivity contribution < 1.29 is 42.7 Å². The van der Waals surface area contributed by atoms with E-state index in [1.54, 1.807) is 0 Å². The first-order chi connectivity index (χ1) is 33.2. The number of allylic oxidation sites excluding steroid dienone is 2. The smallest absolute Gasteiger partial charge is 0.472 e. The molecule has 0 radical (unpaired) electrons. The lowest BCUT2D eigenvalue weighted by Gasteiger charge is -2.20. The van der Waals surface area contributed by atoms with Crippen molar-refractivity contribution in [1.82, 2.24) is 0 Å². The SMILES string of the molecule is CCCCCCCCCC/C=C\CCCCCCCCCCCCCCOCC(COP(=O)(O)OCC(N)C(=O)O)OC(=O)CCCCCCCCCCCCCCCCCCCCCCCC. The van der Waals surface area contributed by atoms with Gasteiger partial charge < -0.3 is 25.2 Å². The third-order valence-electron chi connectivity index (χ3n) is 13.3. The van der Waals surface area contributed by atoms with Gasteiger partial charge in [-0.2, -0.15) is 0 Å². The molecule has 0 fully saturated rings. The zero-order valence-electron chi connectivity index (χ0n) is 44.7. The van der Waals surface area contributed by atoms with Gasteiger partial charge in [0.25, 0.3) is 0 Å². The van der Waals surface area contributed by atoms with E-state index in [9.17, 15) is 19.0 Å². The van der Waals surface area contributed by atoms with Crippen molar-refractivity contribution >= 4 is 19.8 Å². The monoisotopic (exact) mass is 986 g/mol. The second kappa shape index (κ2) is 53.5. The molecule has 0 aliphatic heterocycles. The molecule has 0 aliphatic carbocycles. The van der Waals surface area contributed by atoms with Crippen LogP contribution in [0.4, 0.5) is 0 Å². The average Bonchev–Trinajstić information content (AvgIpc) is 3.32. The highest BCUT2D eigenvalue weighted by Gasteiger charge is 2.27. The van der Waals surface area contributed by atoms with Gasteiger partial charge in [-0.25, -0.2) is 4.57 Å². The van der Waals surface area contributed by atoms with Crippen LogP contribution in [0.3, 0.4) is 0 Å². The quantitative estimate of drug-likeness (QED) is 0.0232. The third kappa shape index (κ3) is 52.5. The van der Waals surface area contributed by atoms with Crippen molar-refractivity contribution in [2.45, 2.75) is 315 Å². The van der Waals surface area contributed by atoms with Gasteiger partial charge in [-0.1, -0.05) is 270 Å². The van der Waals surface area contributed by atoms with Crippen molar-refractivity contribution in [3.05, 3.63) is 12.2 Å². The minimum atomic E-state index is -4.62. The number of carboxylic acids is 1. The molecule has 404 valence electrons. The molecule has 0 heterocycles. The first-order valence-corrected chi connectivity index (χ1v) is 30.7. The van der Waals surface area contributed by atoms with Gasteiger partial charge in [0, 0.05) is 13.0 Å². The summed E-state index contributed by atoms with van der Waals surface area (Å²) in [4.78, 5) is 33.8. The molecule has 0 rings (SSSR count). The van der Waals surface area contributed by atoms with E-state index in [4.69, 9.17) is 29.4 Å². The second-order valence-electron chi connectivity index (χ2n) is 20.1. The lowest BCUT2D eigenvalue weighted by Crippen LogP contribution is -2.34. The molecule has 0 aromatic heterocycles. The Labute approximate surface area is 420 Å². The Morgan fingerprint density at radius 1 is 0.456 bits per heavy atom. The van der Waals surface area contributed by atoms with Crippen LogP contribution in [0, 0.1) is 0 Å². The zero-order valence-corrected chi connectivity index (χ0v) is 45.6. The van der Waals surface area contributed by atoms with Crippen LogP contribution in [0.1, 0.15) is 303 Å². The number of esters is 1. The standard InChI is InChI=1S/C57H112NO9P/c1-3-5-7-9-11-13-15-17-19-21-23-25-27-28-30-32-34-36-38-40-42-44-46-48-50-64-51-54(52-65-68(62,63)66-53-55(58)57(60)61)67-56(59)49-47-45-43-41-39-37-35-33-31-29-26-24-22-20-18-16-14-12-10-8-6-4-2/h21,23,54-55H,3-20,22,24-53,58H2,1-2H3,(H,60,61)(H,62,63)/b23-21-. The molecule has 11 heteroatoms.